The maximum Gasteiger partial charge on any atom is 0.159 e. The van der Waals surface area contributed by atoms with Crippen molar-refractivity contribution in [3.05, 3.63) is 23.8 Å². The number of carbonyl (C=O) groups is 1. The van der Waals surface area contributed by atoms with Crippen molar-refractivity contribution in [2.75, 3.05) is 0 Å². The normalized spacial score (nSPS) is 48.1. The standard InChI is InChI=1S/C15H20O/c1-9-6-5-7-10-8-11(16)12-13(14(12,2)3)15(9,10)4/h5,7-9,12-13H,6H2,1-4H3. The Morgan fingerprint density at radius 1 is 1.31 bits per heavy atom. The smallest absolute Gasteiger partial charge is 0.159 e. The van der Waals surface area contributed by atoms with Crippen molar-refractivity contribution in [3.8, 4) is 0 Å². The van der Waals surface area contributed by atoms with Crippen molar-refractivity contribution < 1.29 is 4.79 Å². The zero-order valence-corrected chi connectivity index (χ0v) is 10.6. The van der Waals surface area contributed by atoms with Crippen LogP contribution in [0.2, 0.25) is 0 Å². The van der Waals surface area contributed by atoms with Gasteiger partial charge in [0.2, 0.25) is 0 Å². The van der Waals surface area contributed by atoms with Gasteiger partial charge >= 0.3 is 0 Å². The van der Waals surface area contributed by atoms with E-state index >= 15 is 0 Å². The maximum atomic E-state index is 12.0. The molecule has 0 aromatic heterocycles. The molecule has 3 aliphatic rings. The van der Waals surface area contributed by atoms with Crippen molar-refractivity contribution in [1.29, 1.82) is 0 Å². The van der Waals surface area contributed by atoms with Crippen LogP contribution in [0.25, 0.3) is 0 Å². The minimum absolute atomic E-state index is 0.212. The Morgan fingerprint density at radius 3 is 2.69 bits per heavy atom. The van der Waals surface area contributed by atoms with Crippen molar-refractivity contribution in [3.63, 3.8) is 0 Å². The van der Waals surface area contributed by atoms with Crippen LogP contribution < -0.4 is 0 Å². The lowest BCUT2D eigenvalue weighted by atomic mass is 9.61. The Balaban J connectivity index is 2.15. The summed E-state index contributed by atoms with van der Waals surface area (Å²) < 4.78 is 0. The summed E-state index contributed by atoms with van der Waals surface area (Å²) in [6, 6.07) is 0. The number of hydrogen-bond donors (Lipinski definition) is 0. The lowest BCUT2D eigenvalue weighted by molar-refractivity contribution is -0.117. The van der Waals surface area contributed by atoms with E-state index in [0.717, 1.165) is 6.42 Å². The van der Waals surface area contributed by atoms with Crippen LogP contribution in [0.3, 0.4) is 0 Å². The van der Waals surface area contributed by atoms with Gasteiger partial charge in [-0.3, -0.25) is 4.79 Å². The van der Waals surface area contributed by atoms with Gasteiger partial charge in [-0.15, -0.1) is 0 Å². The summed E-state index contributed by atoms with van der Waals surface area (Å²) in [7, 11) is 0. The molecule has 1 saturated carbocycles. The molecule has 0 heterocycles. The Bertz CT molecular complexity index is 427. The molecule has 0 aliphatic heterocycles. The molecule has 86 valence electrons. The molecule has 1 heteroatoms. The summed E-state index contributed by atoms with van der Waals surface area (Å²) in [5, 5.41) is 0. The monoisotopic (exact) mass is 216 g/mol. The van der Waals surface area contributed by atoms with Crippen molar-refractivity contribution in [2.45, 2.75) is 34.1 Å². The first-order valence-electron chi connectivity index (χ1n) is 6.32. The van der Waals surface area contributed by atoms with Crippen molar-refractivity contribution in [1.82, 2.24) is 0 Å². The number of rotatable bonds is 0. The molecule has 16 heavy (non-hydrogen) atoms. The summed E-state index contributed by atoms with van der Waals surface area (Å²) in [6.07, 6.45) is 7.48. The number of allylic oxidation sites excluding steroid dienone is 4. The van der Waals surface area contributed by atoms with Crippen LogP contribution in [0.1, 0.15) is 34.1 Å². The second-order valence-electron chi connectivity index (χ2n) is 6.60. The highest BCUT2D eigenvalue weighted by molar-refractivity contribution is 5.98. The van der Waals surface area contributed by atoms with Crippen LogP contribution >= 0.6 is 0 Å². The van der Waals surface area contributed by atoms with Crippen LogP contribution in [0.15, 0.2) is 23.8 Å². The van der Waals surface area contributed by atoms with E-state index in [1.807, 2.05) is 6.08 Å². The van der Waals surface area contributed by atoms with Gasteiger partial charge in [-0.1, -0.05) is 39.8 Å². The Morgan fingerprint density at radius 2 is 2.00 bits per heavy atom. The summed E-state index contributed by atoms with van der Waals surface area (Å²) in [5.41, 5.74) is 1.73. The summed E-state index contributed by atoms with van der Waals surface area (Å²) in [4.78, 5) is 12.0. The average molecular weight is 216 g/mol. The van der Waals surface area contributed by atoms with E-state index in [9.17, 15) is 4.79 Å². The highest BCUT2D eigenvalue weighted by Gasteiger charge is 2.70. The minimum Gasteiger partial charge on any atom is -0.295 e. The number of fused-ring (bicyclic) bond motifs is 3. The summed E-state index contributed by atoms with van der Waals surface area (Å²) in [6.45, 7) is 9.21. The number of ketones is 1. The zero-order chi connectivity index (χ0) is 11.7. The molecular formula is C15H20O. The maximum absolute atomic E-state index is 12.0. The molecule has 0 radical (unpaired) electrons. The molecule has 4 atom stereocenters. The van der Waals surface area contributed by atoms with E-state index in [0.29, 0.717) is 17.6 Å². The Kier molecular flexibility index (Phi) is 1.74. The predicted molar refractivity (Wildman–Crippen MR) is 64.9 cm³/mol. The summed E-state index contributed by atoms with van der Waals surface area (Å²) in [5.74, 6) is 1.87. The van der Waals surface area contributed by atoms with Crippen LogP contribution in [-0.4, -0.2) is 5.78 Å². The first-order valence-corrected chi connectivity index (χ1v) is 6.32. The molecule has 1 nitrogen and oxygen atoms in total. The van der Waals surface area contributed by atoms with Crippen LogP contribution in [-0.2, 0) is 4.79 Å². The predicted octanol–water partition coefficient (Wildman–Crippen LogP) is 3.37. The molecule has 0 spiro atoms. The third-order valence-corrected chi connectivity index (χ3v) is 5.51. The van der Waals surface area contributed by atoms with Gasteiger partial charge in [-0.05, 0) is 40.7 Å². The molecule has 3 aliphatic carbocycles. The van der Waals surface area contributed by atoms with Gasteiger partial charge in [0, 0.05) is 5.92 Å². The van der Waals surface area contributed by atoms with Crippen LogP contribution in [0.5, 0.6) is 0 Å². The van der Waals surface area contributed by atoms with Gasteiger partial charge in [0.05, 0.1) is 0 Å². The molecule has 1 fully saturated rings. The Hall–Kier alpha value is -0.850. The van der Waals surface area contributed by atoms with Gasteiger partial charge in [0.25, 0.3) is 0 Å². The number of carbonyl (C=O) groups excluding carboxylic acids is 1. The van der Waals surface area contributed by atoms with Gasteiger partial charge in [0.1, 0.15) is 0 Å². The van der Waals surface area contributed by atoms with Gasteiger partial charge in [-0.25, -0.2) is 0 Å². The SMILES string of the molecule is CC1CC=CC2=CC(=O)C3C(C3(C)C)C21C. The zero-order valence-electron chi connectivity index (χ0n) is 10.6. The molecule has 0 aromatic rings. The van der Waals surface area contributed by atoms with Crippen LogP contribution in [0, 0.1) is 28.6 Å². The van der Waals surface area contributed by atoms with Crippen molar-refractivity contribution >= 4 is 5.78 Å². The molecule has 0 aromatic carbocycles. The summed E-state index contributed by atoms with van der Waals surface area (Å²) >= 11 is 0. The molecule has 4 unspecified atom stereocenters. The number of hydrogen-bond acceptors (Lipinski definition) is 1. The fourth-order valence-electron chi connectivity index (χ4n) is 4.33. The third kappa shape index (κ3) is 0.952. The lowest BCUT2D eigenvalue weighted by Crippen LogP contribution is -2.36. The van der Waals surface area contributed by atoms with Gasteiger partial charge in [-0.2, -0.15) is 0 Å². The molecule has 0 bridgehead atoms. The second kappa shape index (κ2) is 2.69. The largest absolute Gasteiger partial charge is 0.295 e. The van der Waals surface area contributed by atoms with E-state index in [1.54, 1.807) is 0 Å². The fraction of sp³-hybridized carbons (Fsp3) is 0.667. The van der Waals surface area contributed by atoms with Gasteiger partial charge < -0.3 is 0 Å². The van der Waals surface area contributed by atoms with E-state index in [2.05, 4.69) is 39.8 Å². The quantitative estimate of drug-likeness (QED) is 0.606. The van der Waals surface area contributed by atoms with Gasteiger partial charge in [0.15, 0.2) is 5.78 Å². The Labute approximate surface area is 97.6 Å². The van der Waals surface area contributed by atoms with Crippen molar-refractivity contribution in [2.24, 2.45) is 28.6 Å². The van der Waals surface area contributed by atoms with E-state index in [4.69, 9.17) is 0 Å². The highest BCUT2D eigenvalue weighted by atomic mass is 16.1. The molecule has 0 saturated heterocycles. The van der Waals surface area contributed by atoms with E-state index in [1.165, 1.54) is 5.57 Å². The first kappa shape index (κ1) is 10.3. The lowest BCUT2D eigenvalue weighted by Gasteiger charge is -2.42. The average Bonchev–Trinajstić information content (AvgIpc) is 2.77. The minimum atomic E-state index is 0.212. The molecular weight excluding hydrogens is 196 g/mol. The fourth-order valence-corrected chi connectivity index (χ4v) is 4.33. The topological polar surface area (TPSA) is 17.1 Å². The van der Waals surface area contributed by atoms with E-state index < -0.39 is 0 Å². The van der Waals surface area contributed by atoms with Crippen LogP contribution in [0.4, 0.5) is 0 Å². The first-order chi connectivity index (χ1) is 7.40. The van der Waals surface area contributed by atoms with E-state index in [-0.39, 0.29) is 16.7 Å². The molecule has 0 amide bonds. The third-order valence-electron chi connectivity index (χ3n) is 5.51. The highest BCUT2D eigenvalue weighted by Crippen LogP contribution is 2.72. The molecule has 3 rings (SSSR count). The second-order valence-corrected chi connectivity index (χ2v) is 6.60. The molecule has 0 N–H and O–H groups in total.